The van der Waals surface area contributed by atoms with Crippen molar-refractivity contribution in [2.45, 2.75) is 6.61 Å². The van der Waals surface area contributed by atoms with Crippen LogP contribution in [0.3, 0.4) is 0 Å². The van der Waals surface area contributed by atoms with Crippen LogP contribution in [-0.4, -0.2) is 11.1 Å². The van der Waals surface area contributed by atoms with Gasteiger partial charge >= 0.3 is 5.97 Å². The Kier molecular flexibility index (Phi) is 4.50. The Labute approximate surface area is 115 Å². The molecule has 2 aromatic rings. The monoisotopic (exact) mass is 272 g/mol. The molecule has 20 heavy (non-hydrogen) atoms. The van der Waals surface area contributed by atoms with E-state index in [-0.39, 0.29) is 12.4 Å². The second-order valence-corrected chi connectivity index (χ2v) is 4.12. The summed E-state index contributed by atoms with van der Waals surface area (Å²) >= 11 is 0. The summed E-state index contributed by atoms with van der Waals surface area (Å²) in [6.07, 6.45) is 2.58. The molecule has 2 rings (SSSR count). The van der Waals surface area contributed by atoms with Crippen molar-refractivity contribution in [1.82, 2.24) is 0 Å². The van der Waals surface area contributed by atoms with E-state index in [4.69, 9.17) is 9.84 Å². The Balaban J connectivity index is 2.11. The Hall–Kier alpha value is -2.62. The lowest BCUT2D eigenvalue weighted by molar-refractivity contribution is -0.131. The lowest BCUT2D eigenvalue weighted by Gasteiger charge is -2.08. The number of halogens is 1. The first-order chi connectivity index (χ1) is 9.65. The minimum atomic E-state index is -1.01. The van der Waals surface area contributed by atoms with Gasteiger partial charge in [0.1, 0.15) is 18.2 Å². The predicted octanol–water partition coefficient (Wildman–Crippen LogP) is 3.50. The third kappa shape index (κ3) is 3.95. The van der Waals surface area contributed by atoms with Crippen LogP contribution in [0.25, 0.3) is 6.08 Å². The molecule has 0 saturated carbocycles. The Morgan fingerprint density at radius 2 is 2.00 bits per heavy atom. The summed E-state index contributed by atoms with van der Waals surface area (Å²) in [6.45, 7) is 0.240. The lowest BCUT2D eigenvalue weighted by Crippen LogP contribution is -1.98. The standard InChI is InChI=1S/C16H13FO3/c17-14-6-3-7-15(10-14)20-11-13-5-2-1-4-12(13)8-9-16(18)19/h1-10H,11H2,(H,18,19). The van der Waals surface area contributed by atoms with Gasteiger partial charge in [-0.25, -0.2) is 9.18 Å². The van der Waals surface area contributed by atoms with Gasteiger partial charge < -0.3 is 9.84 Å². The fraction of sp³-hybridized carbons (Fsp3) is 0.0625. The molecule has 0 unspecified atom stereocenters. The van der Waals surface area contributed by atoms with Crippen LogP contribution in [0.2, 0.25) is 0 Å². The first-order valence-corrected chi connectivity index (χ1v) is 6.02. The van der Waals surface area contributed by atoms with Gasteiger partial charge in [0.15, 0.2) is 0 Å². The zero-order chi connectivity index (χ0) is 14.4. The van der Waals surface area contributed by atoms with Gasteiger partial charge in [-0.05, 0) is 29.3 Å². The molecule has 1 N–H and O–H groups in total. The van der Waals surface area contributed by atoms with Crippen molar-refractivity contribution in [3.05, 3.63) is 71.6 Å². The molecular weight excluding hydrogens is 259 g/mol. The third-order valence-corrected chi connectivity index (χ3v) is 2.65. The molecule has 0 spiro atoms. The van der Waals surface area contributed by atoms with Crippen molar-refractivity contribution in [2.75, 3.05) is 0 Å². The number of aliphatic carboxylic acids is 1. The second kappa shape index (κ2) is 6.52. The summed E-state index contributed by atoms with van der Waals surface area (Å²) in [4.78, 5) is 10.5. The number of rotatable bonds is 5. The van der Waals surface area contributed by atoms with Crippen LogP contribution >= 0.6 is 0 Å². The van der Waals surface area contributed by atoms with Crippen molar-refractivity contribution in [3.63, 3.8) is 0 Å². The van der Waals surface area contributed by atoms with E-state index in [1.54, 1.807) is 18.2 Å². The fourth-order valence-corrected chi connectivity index (χ4v) is 1.71. The molecule has 3 nitrogen and oxygen atoms in total. The van der Waals surface area contributed by atoms with Crippen LogP contribution in [0.5, 0.6) is 5.75 Å². The highest BCUT2D eigenvalue weighted by atomic mass is 19.1. The first kappa shape index (κ1) is 13.8. The van der Waals surface area contributed by atoms with Gasteiger partial charge in [-0.15, -0.1) is 0 Å². The molecule has 0 aliphatic heterocycles. The van der Waals surface area contributed by atoms with Crippen LogP contribution < -0.4 is 4.74 Å². The molecular formula is C16H13FO3. The van der Waals surface area contributed by atoms with E-state index in [0.717, 1.165) is 17.2 Å². The number of carboxylic acids is 1. The van der Waals surface area contributed by atoms with Crippen molar-refractivity contribution in [3.8, 4) is 5.75 Å². The van der Waals surface area contributed by atoms with Gasteiger partial charge in [0.25, 0.3) is 0 Å². The van der Waals surface area contributed by atoms with Gasteiger partial charge in [0.2, 0.25) is 0 Å². The van der Waals surface area contributed by atoms with E-state index >= 15 is 0 Å². The third-order valence-electron chi connectivity index (χ3n) is 2.65. The van der Waals surface area contributed by atoms with Crippen LogP contribution in [0.1, 0.15) is 11.1 Å². The molecule has 0 heterocycles. The molecule has 0 aliphatic carbocycles. The Bertz CT molecular complexity index is 635. The minimum Gasteiger partial charge on any atom is -0.489 e. The highest BCUT2D eigenvalue weighted by molar-refractivity contribution is 5.85. The summed E-state index contributed by atoms with van der Waals surface area (Å²) in [6, 6.07) is 13.2. The fourth-order valence-electron chi connectivity index (χ4n) is 1.71. The quantitative estimate of drug-likeness (QED) is 0.847. The summed E-state index contributed by atoms with van der Waals surface area (Å²) in [5.41, 5.74) is 1.58. The predicted molar refractivity (Wildman–Crippen MR) is 73.8 cm³/mol. The summed E-state index contributed by atoms with van der Waals surface area (Å²) in [5.74, 6) is -0.936. The maximum absolute atomic E-state index is 13.0. The Morgan fingerprint density at radius 3 is 2.75 bits per heavy atom. The van der Waals surface area contributed by atoms with Gasteiger partial charge in [0.05, 0.1) is 0 Å². The number of benzene rings is 2. The smallest absolute Gasteiger partial charge is 0.328 e. The Morgan fingerprint density at radius 1 is 1.20 bits per heavy atom. The molecule has 0 radical (unpaired) electrons. The molecule has 0 aromatic heterocycles. The lowest BCUT2D eigenvalue weighted by atomic mass is 10.1. The summed E-state index contributed by atoms with van der Waals surface area (Å²) in [7, 11) is 0. The van der Waals surface area contributed by atoms with Crippen LogP contribution in [0.4, 0.5) is 4.39 Å². The van der Waals surface area contributed by atoms with Gasteiger partial charge in [-0.1, -0.05) is 30.3 Å². The zero-order valence-electron chi connectivity index (χ0n) is 10.6. The zero-order valence-corrected chi connectivity index (χ0v) is 10.6. The van der Waals surface area contributed by atoms with E-state index in [1.165, 1.54) is 18.2 Å². The largest absolute Gasteiger partial charge is 0.489 e. The average Bonchev–Trinajstić information content (AvgIpc) is 2.44. The molecule has 2 aromatic carbocycles. The van der Waals surface area contributed by atoms with Crippen LogP contribution in [0, 0.1) is 5.82 Å². The molecule has 0 atom stereocenters. The van der Waals surface area contributed by atoms with Crippen molar-refractivity contribution >= 4 is 12.0 Å². The van der Waals surface area contributed by atoms with Gasteiger partial charge in [-0.3, -0.25) is 0 Å². The number of hydrogen-bond acceptors (Lipinski definition) is 2. The molecule has 0 amide bonds. The highest BCUT2D eigenvalue weighted by Gasteiger charge is 2.02. The summed E-state index contributed by atoms with van der Waals surface area (Å²) in [5, 5.41) is 8.64. The van der Waals surface area contributed by atoms with Crippen molar-refractivity contribution < 1.29 is 19.0 Å². The number of carbonyl (C=O) groups is 1. The second-order valence-electron chi connectivity index (χ2n) is 4.12. The normalized spacial score (nSPS) is 10.7. The van der Waals surface area contributed by atoms with Gasteiger partial charge in [0, 0.05) is 12.1 Å². The molecule has 0 aliphatic rings. The molecule has 0 saturated heterocycles. The van der Waals surface area contributed by atoms with E-state index in [1.807, 2.05) is 18.2 Å². The molecule has 0 bridgehead atoms. The number of ether oxygens (including phenoxy) is 1. The molecule has 102 valence electrons. The van der Waals surface area contributed by atoms with E-state index < -0.39 is 5.97 Å². The van der Waals surface area contributed by atoms with E-state index in [2.05, 4.69) is 0 Å². The van der Waals surface area contributed by atoms with Crippen LogP contribution in [-0.2, 0) is 11.4 Å². The molecule has 4 heteroatoms. The maximum atomic E-state index is 13.0. The topological polar surface area (TPSA) is 46.5 Å². The van der Waals surface area contributed by atoms with Crippen molar-refractivity contribution in [2.24, 2.45) is 0 Å². The number of hydrogen-bond donors (Lipinski definition) is 1. The van der Waals surface area contributed by atoms with Crippen molar-refractivity contribution in [1.29, 1.82) is 0 Å². The highest BCUT2D eigenvalue weighted by Crippen LogP contribution is 2.17. The van der Waals surface area contributed by atoms with E-state index in [0.29, 0.717) is 5.75 Å². The maximum Gasteiger partial charge on any atom is 0.328 e. The first-order valence-electron chi connectivity index (χ1n) is 6.02. The minimum absolute atomic E-state index is 0.240. The average molecular weight is 272 g/mol. The van der Waals surface area contributed by atoms with Crippen LogP contribution in [0.15, 0.2) is 54.6 Å². The summed E-state index contributed by atoms with van der Waals surface area (Å²) < 4.78 is 18.5. The number of carboxylic acid groups (broad SMARTS) is 1. The SMILES string of the molecule is O=C(O)C=Cc1ccccc1COc1cccc(F)c1. The van der Waals surface area contributed by atoms with E-state index in [9.17, 15) is 9.18 Å². The van der Waals surface area contributed by atoms with Gasteiger partial charge in [-0.2, -0.15) is 0 Å². The molecule has 0 fully saturated rings.